The molecule has 1 aromatic heterocycles. The van der Waals surface area contributed by atoms with E-state index < -0.39 is 0 Å². The van der Waals surface area contributed by atoms with Crippen molar-refractivity contribution in [3.05, 3.63) is 40.8 Å². The van der Waals surface area contributed by atoms with Gasteiger partial charge in [0.2, 0.25) is 0 Å². The SMILES string of the molecule is C=C=C[Te]c1ccccn1. The fourth-order valence-corrected chi connectivity index (χ4v) is 1.90. The van der Waals surface area contributed by atoms with Gasteiger partial charge in [-0.1, -0.05) is 0 Å². The Bertz CT molecular complexity index is 237. The number of pyridine rings is 1. The summed E-state index contributed by atoms with van der Waals surface area (Å²) in [6.07, 6.45) is 1.82. The van der Waals surface area contributed by atoms with Crippen molar-refractivity contribution in [1.29, 1.82) is 0 Å². The third-order valence-corrected chi connectivity index (χ3v) is 3.09. The zero-order valence-corrected chi connectivity index (χ0v) is 7.78. The van der Waals surface area contributed by atoms with Gasteiger partial charge in [0, 0.05) is 0 Å². The molecule has 50 valence electrons. The van der Waals surface area contributed by atoms with Gasteiger partial charge in [-0.25, -0.2) is 0 Å². The number of aromatic nitrogens is 1. The third-order valence-electron chi connectivity index (χ3n) is 0.901. The number of nitrogens with zero attached hydrogens (tertiary/aromatic N) is 1. The second-order valence-electron chi connectivity index (χ2n) is 1.61. The van der Waals surface area contributed by atoms with Crippen LogP contribution in [0.5, 0.6) is 0 Å². The Labute approximate surface area is 70.6 Å². The molecule has 0 spiro atoms. The van der Waals surface area contributed by atoms with Crippen molar-refractivity contribution in [2.24, 2.45) is 0 Å². The first-order chi connectivity index (χ1) is 4.93. The summed E-state index contributed by atoms with van der Waals surface area (Å²) in [5, 5.41) is 0. The molecule has 0 saturated heterocycles. The molecule has 0 aromatic carbocycles. The van der Waals surface area contributed by atoms with E-state index in [0.29, 0.717) is 0 Å². The van der Waals surface area contributed by atoms with Gasteiger partial charge in [0.25, 0.3) is 0 Å². The van der Waals surface area contributed by atoms with Crippen LogP contribution in [-0.4, -0.2) is 25.9 Å². The van der Waals surface area contributed by atoms with Crippen LogP contribution in [0.1, 0.15) is 0 Å². The van der Waals surface area contributed by atoms with Crippen LogP contribution in [0.2, 0.25) is 0 Å². The minimum atomic E-state index is -0.248. The molecule has 0 N–H and O–H groups in total. The topological polar surface area (TPSA) is 12.9 Å². The summed E-state index contributed by atoms with van der Waals surface area (Å²) in [7, 11) is 0. The molecular formula is C8H7NTe. The van der Waals surface area contributed by atoms with Crippen LogP contribution in [0.25, 0.3) is 0 Å². The average molecular weight is 245 g/mol. The van der Waals surface area contributed by atoms with Crippen LogP contribution >= 0.6 is 0 Å². The average Bonchev–Trinajstić information content (AvgIpc) is 2.03. The molecule has 0 unspecified atom stereocenters. The molecule has 0 radical (unpaired) electrons. The van der Waals surface area contributed by atoms with Gasteiger partial charge in [0.15, 0.2) is 0 Å². The molecule has 0 bridgehead atoms. The Balaban J connectivity index is 2.67. The van der Waals surface area contributed by atoms with Crippen molar-refractivity contribution in [2.45, 2.75) is 0 Å². The number of hydrogen-bond donors (Lipinski definition) is 0. The Morgan fingerprint density at radius 1 is 1.60 bits per heavy atom. The van der Waals surface area contributed by atoms with Crippen LogP contribution in [0, 0.1) is 0 Å². The van der Waals surface area contributed by atoms with Gasteiger partial charge in [-0.2, -0.15) is 0 Å². The first-order valence-corrected chi connectivity index (χ1v) is 5.36. The normalized spacial score (nSPS) is 8.40. The summed E-state index contributed by atoms with van der Waals surface area (Å²) in [6, 6.07) is 5.97. The van der Waals surface area contributed by atoms with E-state index in [4.69, 9.17) is 0 Å². The molecule has 0 aliphatic heterocycles. The molecule has 1 aromatic rings. The minimum absolute atomic E-state index is 0.248. The van der Waals surface area contributed by atoms with E-state index >= 15 is 0 Å². The molecule has 2 heteroatoms. The second-order valence-corrected chi connectivity index (χ2v) is 4.15. The van der Waals surface area contributed by atoms with E-state index in [9.17, 15) is 0 Å². The molecule has 0 fully saturated rings. The van der Waals surface area contributed by atoms with Gasteiger partial charge in [0.1, 0.15) is 0 Å². The van der Waals surface area contributed by atoms with Crippen molar-refractivity contribution in [3.8, 4) is 0 Å². The molecule has 10 heavy (non-hydrogen) atoms. The van der Waals surface area contributed by atoms with E-state index in [1.165, 1.54) is 3.74 Å². The summed E-state index contributed by atoms with van der Waals surface area (Å²) < 4.78 is 3.18. The first-order valence-electron chi connectivity index (χ1n) is 2.85. The maximum atomic E-state index is 4.18. The molecule has 1 heterocycles. The molecule has 0 aliphatic carbocycles. The van der Waals surface area contributed by atoms with Crippen molar-refractivity contribution < 1.29 is 0 Å². The number of rotatable bonds is 2. The van der Waals surface area contributed by atoms with Gasteiger partial charge in [-0.15, -0.1) is 0 Å². The van der Waals surface area contributed by atoms with Crippen LogP contribution in [-0.2, 0) is 0 Å². The molecular weight excluding hydrogens is 238 g/mol. The van der Waals surface area contributed by atoms with E-state index in [1.54, 1.807) is 0 Å². The van der Waals surface area contributed by atoms with Crippen molar-refractivity contribution in [2.75, 3.05) is 0 Å². The summed E-state index contributed by atoms with van der Waals surface area (Å²) in [5.41, 5.74) is 2.76. The van der Waals surface area contributed by atoms with E-state index in [1.807, 2.05) is 28.5 Å². The molecule has 0 atom stereocenters. The fraction of sp³-hybridized carbons (Fsp3) is 0. The Morgan fingerprint density at radius 3 is 3.10 bits per heavy atom. The number of hydrogen-bond acceptors (Lipinski definition) is 1. The second kappa shape index (κ2) is 4.30. The van der Waals surface area contributed by atoms with Crippen molar-refractivity contribution >= 4 is 24.7 Å². The monoisotopic (exact) mass is 247 g/mol. The fourth-order valence-electron chi connectivity index (χ4n) is 0.519. The maximum absolute atomic E-state index is 4.18. The Morgan fingerprint density at radius 2 is 2.50 bits per heavy atom. The van der Waals surface area contributed by atoms with Gasteiger partial charge < -0.3 is 0 Å². The quantitative estimate of drug-likeness (QED) is 0.552. The summed E-state index contributed by atoms with van der Waals surface area (Å²) >= 11 is -0.248. The van der Waals surface area contributed by atoms with Gasteiger partial charge in [-0.3, -0.25) is 0 Å². The van der Waals surface area contributed by atoms with E-state index in [0.717, 1.165) is 0 Å². The van der Waals surface area contributed by atoms with E-state index in [-0.39, 0.29) is 20.9 Å². The van der Waals surface area contributed by atoms with Crippen LogP contribution in [0.4, 0.5) is 0 Å². The van der Waals surface area contributed by atoms with Gasteiger partial charge in [0.05, 0.1) is 0 Å². The summed E-state index contributed by atoms with van der Waals surface area (Å²) in [5.74, 6) is 0. The van der Waals surface area contributed by atoms with Crippen LogP contribution < -0.4 is 3.74 Å². The molecule has 0 aliphatic rings. The Hall–Kier alpha value is -0.540. The predicted octanol–water partition coefficient (Wildman–Crippen LogP) is 0.710. The predicted molar refractivity (Wildman–Crippen MR) is 43.3 cm³/mol. The summed E-state index contributed by atoms with van der Waals surface area (Å²) in [6.45, 7) is 3.50. The van der Waals surface area contributed by atoms with Crippen LogP contribution in [0.15, 0.2) is 40.8 Å². The van der Waals surface area contributed by atoms with Gasteiger partial charge >= 0.3 is 70.5 Å². The molecule has 1 rings (SSSR count). The first kappa shape index (κ1) is 7.57. The Kier molecular flexibility index (Phi) is 3.26. The van der Waals surface area contributed by atoms with E-state index in [2.05, 4.69) is 17.3 Å². The van der Waals surface area contributed by atoms with Crippen molar-refractivity contribution in [1.82, 2.24) is 4.98 Å². The molecule has 0 saturated carbocycles. The summed E-state index contributed by atoms with van der Waals surface area (Å²) in [4.78, 5) is 4.18. The zero-order chi connectivity index (χ0) is 7.23. The molecule has 1 nitrogen and oxygen atoms in total. The van der Waals surface area contributed by atoms with Gasteiger partial charge in [-0.05, 0) is 0 Å². The molecule has 0 amide bonds. The standard InChI is InChI=1S/C8H7NTe/c1-2-7-10-8-5-3-4-6-9-8/h3-7H,1H2. The van der Waals surface area contributed by atoms with Crippen LogP contribution in [0.3, 0.4) is 0 Å². The zero-order valence-electron chi connectivity index (χ0n) is 5.45. The van der Waals surface area contributed by atoms with Crippen molar-refractivity contribution in [3.63, 3.8) is 0 Å². The third kappa shape index (κ3) is 2.37.